The van der Waals surface area contributed by atoms with Crippen molar-refractivity contribution in [1.29, 1.82) is 0 Å². The molecular weight excluding hydrogens is 459 g/mol. The highest BCUT2D eigenvalue weighted by molar-refractivity contribution is 9.10. The summed E-state index contributed by atoms with van der Waals surface area (Å²) in [5.41, 5.74) is 5.07. The van der Waals surface area contributed by atoms with Crippen LogP contribution in [0.3, 0.4) is 0 Å². The molecule has 2 rings (SSSR count). The van der Waals surface area contributed by atoms with Crippen molar-refractivity contribution in [2.75, 3.05) is 13.7 Å². The molecule has 2 aromatic carbocycles. The van der Waals surface area contributed by atoms with E-state index < -0.39 is 5.91 Å². The van der Waals surface area contributed by atoms with Gasteiger partial charge in [0.05, 0.1) is 24.3 Å². The second-order valence-corrected chi connectivity index (χ2v) is 7.07. The molecule has 0 saturated heterocycles. The molecule has 6 nitrogen and oxygen atoms in total. The second-order valence-electron chi connectivity index (χ2n) is 5.37. The molecule has 2 N–H and O–H groups in total. The summed E-state index contributed by atoms with van der Waals surface area (Å²) in [6.07, 6.45) is 0.619. The van der Waals surface area contributed by atoms with Gasteiger partial charge in [0, 0.05) is 15.9 Å². The molecule has 2 aromatic rings. The van der Waals surface area contributed by atoms with E-state index in [2.05, 4.69) is 26.8 Å². The second kappa shape index (κ2) is 10.4. The molecule has 144 valence electrons. The van der Waals surface area contributed by atoms with Crippen LogP contribution in [0, 0.1) is 0 Å². The molecule has 27 heavy (non-hydrogen) atoms. The Morgan fingerprint density at radius 3 is 2.59 bits per heavy atom. The molecule has 0 saturated carbocycles. The Labute approximate surface area is 175 Å². The standard InChI is InChI=1S/C18H17BrCl2N2O4/c1-26-12-5-6-14(19)13(10-12)18(25)23-22-17(24)3-2-8-27-16-7-4-11(20)9-15(16)21/h4-7,9-10H,2-3,8H2,1H3,(H,22,24)(H,23,25). The van der Waals surface area contributed by atoms with E-state index in [0.717, 1.165) is 0 Å². The van der Waals surface area contributed by atoms with E-state index in [0.29, 0.717) is 44.6 Å². The van der Waals surface area contributed by atoms with Gasteiger partial charge >= 0.3 is 0 Å². The lowest BCUT2D eigenvalue weighted by molar-refractivity contribution is -0.122. The van der Waals surface area contributed by atoms with Crippen molar-refractivity contribution in [2.24, 2.45) is 0 Å². The smallest absolute Gasteiger partial charge is 0.270 e. The van der Waals surface area contributed by atoms with Crippen molar-refractivity contribution >= 4 is 50.9 Å². The summed E-state index contributed by atoms with van der Waals surface area (Å²) >= 11 is 15.1. The van der Waals surface area contributed by atoms with Gasteiger partial charge in [-0.05, 0) is 58.7 Å². The van der Waals surface area contributed by atoms with Crippen LogP contribution in [0.4, 0.5) is 0 Å². The summed E-state index contributed by atoms with van der Waals surface area (Å²) in [5, 5.41) is 0.924. The molecule has 0 radical (unpaired) electrons. The van der Waals surface area contributed by atoms with Crippen molar-refractivity contribution in [2.45, 2.75) is 12.8 Å². The monoisotopic (exact) mass is 474 g/mol. The average Bonchev–Trinajstić information content (AvgIpc) is 2.65. The van der Waals surface area contributed by atoms with Gasteiger partial charge in [0.1, 0.15) is 11.5 Å². The maximum atomic E-state index is 12.2. The maximum Gasteiger partial charge on any atom is 0.270 e. The first-order valence-electron chi connectivity index (χ1n) is 7.91. The predicted octanol–water partition coefficient (Wildman–Crippen LogP) is 4.38. The molecule has 0 unspecified atom stereocenters. The molecule has 9 heteroatoms. The van der Waals surface area contributed by atoms with Crippen molar-refractivity contribution in [3.8, 4) is 11.5 Å². The third-order valence-corrected chi connectivity index (χ3v) is 4.66. The Balaban J connectivity index is 1.74. The fraction of sp³-hybridized carbons (Fsp3) is 0.222. The number of ether oxygens (including phenoxy) is 2. The number of hydrazine groups is 1. The highest BCUT2D eigenvalue weighted by Gasteiger charge is 2.12. The van der Waals surface area contributed by atoms with Crippen LogP contribution in [0.2, 0.25) is 10.0 Å². The van der Waals surface area contributed by atoms with Gasteiger partial charge in [-0.3, -0.25) is 20.4 Å². The number of amides is 2. The SMILES string of the molecule is COc1ccc(Br)c(C(=O)NNC(=O)CCCOc2ccc(Cl)cc2Cl)c1. The summed E-state index contributed by atoms with van der Waals surface area (Å²) in [6.45, 7) is 0.296. The van der Waals surface area contributed by atoms with Gasteiger partial charge in [0.15, 0.2) is 0 Å². The van der Waals surface area contributed by atoms with E-state index in [9.17, 15) is 9.59 Å². The van der Waals surface area contributed by atoms with Gasteiger partial charge in [0.2, 0.25) is 5.91 Å². The van der Waals surface area contributed by atoms with E-state index in [-0.39, 0.29) is 12.3 Å². The third-order valence-electron chi connectivity index (χ3n) is 3.43. The lowest BCUT2D eigenvalue weighted by Gasteiger charge is -2.10. The van der Waals surface area contributed by atoms with Gasteiger partial charge in [-0.25, -0.2) is 0 Å². The number of nitrogens with one attached hydrogen (secondary N) is 2. The average molecular weight is 476 g/mol. The predicted molar refractivity (Wildman–Crippen MR) is 107 cm³/mol. The Morgan fingerprint density at radius 2 is 1.89 bits per heavy atom. The van der Waals surface area contributed by atoms with Crippen LogP contribution in [0.25, 0.3) is 0 Å². The first-order valence-corrected chi connectivity index (χ1v) is 9.46. The minimum Gasteiger partial charge on any atom is -0.497 e. The molecule has 2 amide bonds. The van der Waals surface area contributed by atoms with Crippen molar-refractivity contribution in [1.82, 2.24) is 10.9 Å². The fourth-order valence-electron chi connectivity index (χ4n) is 2.07. The number of carbonyl (C=O) groups excluding carboxylic acids is 2. The quantitative estimate of drug-likeness (QED) is 0.460. The van der Waals surface area contributed by atoms with E-state index in [1.54, 1.807) is 36.4 Å². The summed E-state index contributed by atoms with van der Waals surface area (Å²) in [5.74, 6) is 0.233. The minimum atomic E-state index is -0.460. The molecule has 0 aliphatic heterocycles. The number of methoxy groups -OCH3 is 1. The first-order chi connectivity index (χ1) is 12.9. The summed E-state index contributed by atoms with van der Waals surface area (Å²) in [7, 11) is 1.51. The Morgan fingerprint density at radius 1 is 1.11 bits per heavy atom. The Kier molecular flexibility index (Phi) is 8.22. The fourth-order valence-corrected chi connectivity index (χ4v) is 2.96. The zero-order valence-electron chi connectivity index (χ0n) is 14.4. The highest BCUT2D eigenvalue weighted by atomic mass is 79.9. The largest absolute Gasteiger partial charge is 0.497 e. The molecule has 0 heterocycles. The van der Waals surface area contributed by atoms with Gasteiger partial charge in [0.25, 0.3) is 5.91 Å². The van der Waals surface area contributed by atoms with Gasteiger partial charge in [-0.1, -0.05) is 23.2 Å². The zero-order chi connectivity index (χ0) is 19.8. The van der Waals surface area contributed by atoms with E-state index >= 15 is 0 Å². The van der Waals surface area contributed by atoms with E-state index in [1.807, 2.05) is 0 Å². The molecule has 0 aliphatic rings. The molecule has 0 spiro atoms. The van der Waals surface area contributed by atoms with Crippen LogP contribution in [0.1, 0.15) is 23.2 Å². The van der Waals surface area contributed by atoms with Crippen LogP contribution in [-0.2, 0) is 4.79 Å². The zero-order valence-corrected chi connectivity index (χ0v) is 17.5. The number of hydrogen-bond donors (Lipinski definition) is 2. The molecule has 0 atom stereocenters. The Hall–Kier alpha value is -1.96. The lowest BCUT2D eigenvalue weighted by atomic mass is 10.2. The number of carbonyl (C=O) groups is 2. The summed E-state index contributed by atoms with van der Waals surface area (Å²) in [4.78, 5) is 24.0. The molecular formula is C18H17BrCl2N2O4. The van der Waals surface area contributed by atoms with Crippen LogP contribution in [0.15, 0.2) is 40.9 Å². The van der Waals surface area contributed by atoms with Crippen LogP contribution in [0.5, 0.6) is 11.5 Å². The van der Waals surface area contributed by atoms with E-state index in [1.165, 1.54) is 7.11 Å². The van der Waals surface area contributed by atoms with Crippen LogP contribution < -0.4 is 20.3 Å². The molecule has 0 aliphatic carbocycles. The molecule has 0 fully saturated rings. The number of benzene rings is 2. The third kappa shape index (κ3) is 6.61. The lowest BCUT2D eigenvalue weighted by Crippen LogP contribution is -2.41. The van der Waals surface area contributed by atoms with Crippen molar-refractivity contribution < 1.29 is 19.1 Å². The van der Waals surface area contributed by atoms with Crippen LogP contribution >= 0.6 is 39.1 Å². The normalized spacial score (nSPS) is 10.2. The Bertz CT molecular complexity index is 833. The van der Waals surface area contributed by atoms with Crippen molar-refractivity contribution in [3.05, 3.63) is 56.5 Å². The maximum absolute atomic E-state index is 12.2. The van der Waals surface area contributed by atoms with Gasteiger partial charge in [-0.15, -0.1) is 0 Å². The van der Waals surface area contributed by atoms with Gasteiger partial charge in [-0.2, -0.15) is 0 Å². The highest BCUT2D eigenvalue weighted by Crippen LogP contribution is 2.27. The minimum absolute atomic E-state index is 0.171. The number of hydrogen-bond acceptors (Lipinski definition) is 4. The van der Waals surface area contributed by atoms with E-state index in [4.69, 9.17) is 32.7 Å². The van der Waals surface area contributed by atoms with Gasteiger partial charge < -0.3 is 9.47 Å². The van der Waals surface area contributed by atoms with Crippen LogP contribution in [-0.4, -0.2) is 25.5 Å². The summed E-state index contributed by atoms with van der Waals surface area (Å²) < 4.78 is 11.2. The number of rotatable bonds is 7. The molecule has 0 aromatic heterocycles. The number of halogens is 3. The first kappa shape index (κ1) is 21.3. The topological polar surface area (TPSA) is 76.7 Å². The van der Waals surface area contributed by atoms with Crippen molar-refractivity contribution in [3.63, 3.8) is 0 Å². The molecule has 0 bridgehead atoms. The summed E-state index contributed by atoms with van der Waals surface area (Å²) in [6, 6.07) is 9.88.